The van der Waals surface area contributed by atoms with Crippen LogP contribution in [0.15, 0.2) is 4.99 Å². The highest BCUT2D eigenvalue weighted by Crippen LogP contribution is 2.24. The normalized spacial score (nSPS) is 26.3. The van der Waals surface area contributed by atoms with E-state index in [4.69, 9.17) is 9.47 Å². The van der Waals surface area contributed by atoms with E-state index in [1.807, 2.05) is 25.7 Å². The first-order valence-electron chi connectivity index (χ1n) is 9.77. The summed E-state index contributed by atoms with van der Waals surface area (Å²) in [6, 6.07) is 0. The average Bonchev–Trinajstić information content (AvgIpc) is 3.01. The van der Waals surface area contributed by atoms with Gasteiger partial charge in [-0.2, -0.15) is 0 Å². The van der Waals surface area contributed by atoms with Crippen LogP contribution in [0.1, 0.15) is 53.4 Å². The summed E-state index contributed by atoms with van der Waals surface area (Å²) in [4.78, 5) is 18.4. The van der Waals surface area contributed by atoms with Gasteiger partial charge in [0, 0.05) is 39.8 Å². The number of piperidine rings is 1. The third-order valence-corrected chi connectivity index (χ3v) is 4.88. The molecule has 2 fully saturated rings. The zero-order valence-electron chi connectivity index (χ0n) is 17.5. The van der Waals surface area contributed by atoms with Crippen LogP contribution in [0, 0.1) is 5.92 Å². The highest BCUT2D eigenvalue weighted by molar-refractivity contribution is 14.0. The molecular formula is C19H37IN4O3. The Morgan fingerprint density at radius 1 is 1.33 bits per heavy atom. The number of likely N-dealkylation sites (tertiary alicyclic amines) is 1. The van der Waals surface area contributed by atoms with Gasteiger partial charge in [0.2, 0.25) is 0 Å². The number of nitrogens with one attached hydrogen (secondary N) is 2. The lowest BCUT2D eigenvalue weighted by Crippen LogP contribution is -2.49. The highest BCUT2D eigenvalue weighted by atomic mass is 127. The van der Waals surface area contributed by atoms with Gasteiger partial charge in [-0.3, -0.25) is 4.99 Å². The van der Waals surface area contributed by atoms with Gasteiger partial charge in [-0.25, -0.2) is 4.79 Å². The molecule has 27 heavy (non-hydrogen) atoms. The molecule has 2 aliphatic rings. The maximum absolute atomic E-state index is 12.3. The molecule has 2 heterocycles. The average molecular weight is 496 g/mol. The molecule has 2 unspecified atom stereocenters. The summed E-state index contributed by atoms with van der Waals surface area (Å²) < 4.78 is 11.3. The summed E-state index contributed by atoms with van der Waals surface area (Å²) >= 11 is 0. The molecule has 0 spiro atoms. The van der Waals surface area contributed by atoms with E-state index < -0.39 is 5.60 Å². The van der Waals surface area contributed by atoms with Crippen molar-refractivity contribution < 1.29 is 14.3 Å². The van der Waals surface area contributed by atoms with Crippen molar-refractivity contribution in [3.05, 3.63) is 0 Å². The van der Waals surface area contributed by atoms with Crippen molar-refractivity contribution in [3.63, 3.8) is 0 Å². The zero-order valence-corrected chi connectivity index (χ0v) is 19.8. The van der Waals surface area contributed by atoms with Crippen LogP contribution in [0.2, 0.25) is 0 Å². The zero-order chi connectivity index (χ0) is 19.2. The van der Waals surface area contributed by atoms with E-state index in [9.17, 15) is 4.79 Å². The van der Waals surface area contributed by atoms with E-state index >= 15 is 0 Å². The van der Waals surface area contributed by atoms with Crippen LogP contribution in [0.25, 0.3) is 0 Å². The van der Waals surface area contributed by atoms with Gasteiger partial charge in [-0.15, -0.1) is 24.0 Å². The van der Waals surface area contributed by atoms with Gasteiger partial charge < -0.3 is 25.0 Å². The first kappa shape index (κ1) is 24.3. The van der Waals surface area contributed by atoms with E-state index in [0.717, 1.165) is 64.4 Å². The first-order valence-corrected chi connectivity index (χ1v) is 9.77. The minimum absolute atomic E-state index is 0. The van der Waals surface area contributed by atoms with E-state index in [1.54, 1.807) is 7.05 Å². The summed E-state index contributed by atoms with van der Waals surface area (Å²) in [5.74, 6) is 1.18. The van der Waals surface area contributed by atoms with Crippen LogP contribution in [-0.4, -0.2) is 68.0 Å². The van der Waals surface area contributed by atoms with Gasteiger partial charge in [0.25, 0.3) is 0 Å². The number of hydrogen-bond donors (Lipinski definition) is 2. The monoisotopic (exact) mass is 496 g/mol. The second kappa shape index (κ2) is 10.7. The van der Waals surface area contributed by atoms with Crippen molar-refractivity contribution in [1.82, 2.24) is 15.5 Å². The van der Waals surface area contributed by atoms with Gasteiger partial charge in [0.05, 0.1) is 5.60 Å². The third-order valence-electron chi connectivity index (χ3n) is 4.88. The van der Waals surface area contributed by atoms with E-state index in [0.29, 0.717) is 5.92 Å². The van der Waals surface area contributed by atoms with E-state index in [1.165, 1.54) is 0 Å². The Kier molecular flexibility index (Phi) is 9.61. The summed E-state index contributed by atoms with van der Waals surface area (Å²) in [5, 5.41) is 6.76. The molecule has 1 amide bonds. The predicted octanol–water partition coefficient (Wildman–Crippen LogP) is 2.99. The Morgan fingerprint density at radius 2 is 2.07 bits per heavy atom. The van der Waals surface area contributed by atoms with E-state index in [-0.39, 0.29) is 35.7 Å². The third kappa shape index (κ3) is 8.41. The largest absolute Gasteiger partial charge is 0.444 e. The maximum Gasteiger partial charge on any atom is 0.410 e. The van der Waals surface area contributed by atoms with Crippen molar-refractivity contribution in [1.29, 1.82) is 0 Å². The second-order valence-corrected chi connectivity index (χ2v) is 8.64. The minimum atomic E-state index is -0.452. The van der Waals surface area contributed by atoms with Crippen LogP contribution in [0.3, 0.4) is 0 Å². The van der Waals surface area contributed by atoms with Gasteiger partial charge in [-0.1, -0.05) is 0 Å². The lowest BCUT2D eigenvalue weighted by atomic mass is 9.98. The molecule has 7 nitrogen and oxygen atoms in total. The van der Waals surface area contributed by atoms with Crippen LogP contribution in [0.4, 0.5) is 4.79 Å². The fourth-order valence-corrected chi connectivity index (χ4v) is 3.43. The molecule has 2 rings (SSSR count). The lowest BCUT2D eigenvalue weighted by Gasteiger charge is -2.34. The van der Waals surface area contributed by atoms with Crippen LogP contribution < -0.4 is 10.6 Å². The molecule has 0 aromatic heterocycles. The van der Waals surface area contributed by atoms with Gasteiger partial charge >= 0.3 is 6.09 Å². The summed E-state index contributed by atoms with van der Waals surface area (Å²) in [7, 11) is 1.78. The Balaban J connectivity index is 0.00000364. The molecule has 158 valence electrons. The number of nitrogens with zero attached hydrogens (tertiary/aromatic N) is 2. The lowest BCUT2D eigenvalue weighted by molar-refractivity contribution is 0.0167. The number of hydrogen-bond acceptors (Lipinski definition) is 4. The number of guanidine groups is 1. The molecule has 8 heteroatoms. The number of amides is 1. The Labute approximate surface area is 181 Å². The van der Waals surface area contributed by atoms with Gasteiger partial charge in [0.1, 0.15) is 5.60 Å². The molecule has 2 aliphatic heterocycles. The summed E-state index contributed by atoms with van der Waals surface area (Å²) in [6.45, 7) is 11.7. The topological polar surface area (TPSA) is 75.2 Å². The molecule has 0 aromatic rings. The van der Waals surface area contributed by atoms with Crippen LogP contribution in [0.5, 0.6) is 0 Å². The number of carbonyl (C=O) groups is 1. The molecular weight excluding hydrogens is 459 g/mol. The van der Waals surface area contributed by atoms with Crippen molar-refractivity contribution in [2.75, 3.05) is 39.8 Å². The molecule has 0 aromatic carbocycles. The van der Waals surface area contributed by atoms with Crippen molar-refractivity contribution in [3.8, 4) is 0 Å². The molecule has 0 saturated carbocycles. The summed E-state index contributed by atoms with van der Waals surface area (Å²) in [6.07, 6.45) is 4.08. The minimum Gasteiger partial charge on any atom is -0.444 e. The van der Waals surface area contributed by atoms with Gasteiger partial charge in [0.15, 0.2) is 5.96 Å². The number of aliphatic imine (C=N–C) groups is 1. The fourth-order valence-electron chi connectivity index (χ4n) is 3.43. The maximum atomic E-state index is 12.3. The Bertz CT molecular complexity index is 502. The number of rotatable bonds is 4. The van der Waals surface area contributed by atoms with Crippen molar-refractivity contribution in [2.24, 2.45) is 10.9 Å². The number of carbonyl (C=O) groups excluding carboxylic acids is 1. The molecule has 2 saturated heterocycles. The quantitative estimate of drug-likeness (QED) is 0.356. The standard InChI is InChI=1S/C19H36N4O3.HI/c1-18(2,3)26-17(24)23-10-6-8-15(13-23)12-21-16(20-5)22-14-19(4)9-7-11-25-19;/h15H,6-14H2,1-5H3,(H2,20,21,22);1H. The smallest absolute Gasteiger partial charge is 0.410 e. The van der Waals surface area contributed by atoms with Crippen molar-refractivity contribution >= 4 is 36.0 Å². The fraction of sp³-hybridized carbons (Fsp3) is 0.895. The van der Waals surface area contributed by atoms with Crippen LogP contribution in [-0.2, 0) is 9.47 Å². The Morgan fingerprint density at radius 3 is 2.67 bits per heavy atom. The molecule has 2 atom stereocenters. The Hall–Kier alpha value is -0.770. The highest BCUT2D eigenvalue weighted by Gasteiger charge is 2.30. The van der Waals surface area contributed by atoms with Crippen LogP contribution >= 0.6 is 24.0 Å². The molecule has 2 N–H and O–H groups in total. The first-order chi connectivity index (χ1) is 12.2. The second-order valence-electron chi connectivity index (χ2n) is 8.64. The van der Waals surface area contributed by atoms with Gasteiger partial charge in [-0.05, 0) is 59.3 Å². The number of halogens is 1. The predicted molar refractivity (Wildman–Crippen MR) is 119 cm³/mol. The molecule has 0 radical (unpaired) electrons. The van der Waals surface area contributed by atoms with Crippen molar-refractivity contribution in [2.45, 2.75) is 64.6 Å². The summed E-state index contributed by atoms with van der Waals surface area (Å²) in [5.41, 5.74) is -0.553. The molecule has 0 aliphatic carbocycles. The molecule has 0 bridgehead atoms. The SMILES string of the molecule is CN=C(NCC1CCCN(C(=O)OC(C)(C)C)C1)NCC1(C)CCCO1.I. The number of ether oxygens (including phenoxy) is 2. The van der Waals surface area contributed by atoms with E-state index in [2.05, 4.69) is 22.5 Å².